The van der Waals surface area contributed by atoms with Gasteiger partial charge in [-0.05, 0) is 47.9 Å². The van der Waals surface area contributed by atoms with Crippen LogP contribution < -0.4 is 5.32 Å². The van der Waals surface area contributed by atoms with Crippen molar-refractivity contribution in [2.45, 2.75) is 26.4 Å². The van der Waals surface area contributed by atoms with Crippen LogP contribution in [0.2, 0.25) is 0 Å². The predicted octanol–water partition coefficient (Wildman–Crippen LogP) is 4.04. The van der Waals surface area contributed by atoms with Crippen LogP contribution in [-0.2, 0) is 6.54 Å². The van der Waals surface area contributed by atoms with Crippen LogP contribution >= 0.6 is 0 Å². The van der Waals surface area contributed by atoms with Crippen LogP contribution in [0.4, 0.5) is 4.39 Å². The van der Waals surface area contributed by atoms with Gasteiger partial charge in [0.1, 0.15) is 11.5 Å². The van der Waals surface area contributed by atoms with Crippen LogP contribution in [0.5, 0.6) is 0 Å². The maximum atomic E-state index is 13.4. The lowest BCUT2D eigenvalue weighted by Gasteiger charge is -2.31. The van der Waals surface area contributed by atoms with E-state index in [9.17, 15) is 9.18 Å². The Kier molecular flexibility index (Phi) is 5.20. The molecule has 1 aromatic heterocycles. The number of nitrogens with one attached hydrogen (secondary N) is 1. The molecule has 1 N–H and O–H groups in total. The highest BCUT2D eigenvalue weighted by atomic mass is 19.1. The molecule has 0 saturated carbocycles. The fourth-order valence-corrected chi connectivity index (χ4v) is 3.83. The average Bonchev–Trinajstić information content (AvgIpc) is 2.67. The number of Topliss-reactive ketones (excluding diaryl/α,β-unsaturated/α-hetero) is 1. The van der Waals surface area contributed by atoms with Gasteiger partial charge in [-0.25, -0.2) is 9.37 Å². The van der Waals surface area contributed by atoms with Crippen LogP contribution in [0.15, 0.2) is 48.5 Å². The minimum absolute atomic E-state index is 0.0772. The summed E-state index contributed by atoms with van der Waals surface area (Å²) >= 11 is 0. The summed E-state index contributed by atoms with van der Waals surface area (Å²) in [5.74, 6) is -0.354. The van der Waals surface area contributed by atoms with Crippen molar-refractivity contribution in [1.82, 2.24) is 15.2 Å². The van der Waals surface area contributed by atoms with Gasteiger partial charge in [-0.3, -0.25) is 9.69 Å². The number of carbonyl (C=O) groups is 1. The molecule has 0 unspecified atom stereocenters. The number of carbonyl (C=O) groups excluding carboxylic acids is 1. The number of nitrogens with zero attached hydrogens (tertiary/aromatic N) is 2. The fraction of sp³-hybridized carbons (Fsp3) is 0.304. The molecule has 1 fully saturated rings. The zero-order valence-electron chi connectivity index (χ0n) is 16.2. The minimum Gasteiger partial charge on any atom is -0.312 e. The van der Waals surface area contributed by atoms with Gasteiger partial charge in [0.25, 0.3) is 0 Å². The predicted molar refractivity (Wildman–Crippen MR) is 110 cm³/mol. The monoisotopic (exact) mass is 377 g/mol. The normalized spacial score (nSPS) is 17.8. The van der Waals surface area contributed by atoms with Crippen molar-refractivity contribution in [3.8, 4) is 11.1 Å². The number of fused-ring (bicyclic) bond motifs is 1. The molecule has 1 aliphatic heterocycles. The van der Waals surface area contributed by atoms with Crippen molar-refractivity contribution in [3.63, 3.8) is 0 Å². The molecule has 28 heavy (non-hydrogen) atoms. The lowest BCUT2D eigenvalue weighted by atomic mass is 9.98. The highest BCUT2D eigenvalue weighted by molar-refractivity contribution is 6.01. The molecule has 2 aromatic carbocycles. The highest BCUT2D eigenvalue weighted by Gasteiger charge is 2.17. The quantitative estimate of drug-likeness (QED) is 0.697. The van der Waals surface area contributed by atoms with Gasteiger partial charge in [0, 0.05) is 44.5 Å². The molecule has 0 aliphatic carbocycles. The van der Waals surface area contributed by atoms with E-state index in [1.807, 2.05) is 0 Å². The van der Waals surface area contributed by atoms with E-state index in [-0.39, 0.29) is 11.6 Å². The van der Waals surface area contributed by atoms with E-state index in [1.54, 1.807) is 18.2 Å². The minimum atomic E-state index is -0.276. The summed E-state index contributed by atoms with van der Waals surface area (Å²) in [6, 6.07) is 14.9. The third-order valence-corrected chi connectivity index (χ3v) is 5.25. The molecule has 0 radical (unpaired) electrons. The number of pyridine rings is 1. The van der Waals surface area contributed by atoms with Gasteiger partial charge in [0.05, 0.1) is 5.52 Å². The molecule has 4 rings (SSSR count). The van der Waals surface area contributed by atoms with Gasteiger partial charge in [-0.15, -0.1) is 0 Å². The Hall–Kier alpha value is -2.63. The number of aromatic nitrogens is 1. The van der Waals surface area contributed by atoms with Crippen molar-refractivity contribution >= 4 is 16.7 Å². The summed E-state index contributed by atoms with van der Waals surface area (Å²) in [5, 5.41) is 4.43. The highest BCUT2D eigenvalue weighted by Crippen LogP contribution is 2.30. The molecule has 144 valence electrons. The van der Waals surface area contributed by atoms with Gasteiger partial charge in [0.2, 0.25) is 0 Å². The number of ketones is 1. The maximum absolute atomic E-state index is 13.4. The first-order chi connectivity index (χ1) is 13.5. The van der Waals surface area contributed by atoms with Crippen molar-refractivity contribution in [1.29, 1.82) is 0 Å². The van der Waals surface area contributed by atoms with Crippen LogP contribution in [0, 0.1) is 5.82 Å². The van der Waals surface area contributed by atoms with Crippen molar-refractivity contribution in [2.24, 2.45) is 0 Å². The van der Waals surface area contributed by atoms with Gasteiger partial charge < -0.3 is 5.32 Å². The van der Waals surface area contributed by atoms with E-state index in [4.69, 9.17) is 0 Å². The Balaban J connectivity index is 1.75. The molecule has 5 heteroatoms. The molecule has 2 heterocycles. The number of halogens is 1. The van der Waals surface area contributed by atoms with E-state index in [2.05, 4.69) is 40.3 Å². The van der Waals surface area contributed by atoms with Gasteiger partial charge in [0.15, 0.2) is 5.78 Å². The Bertz CT molecular complexity index is 1020. The lowest BCUT2D eigenvalue weighted by molar-refractivity contribution is 0.101. The summed E-state index contributed by atoms with van der Waals surface area (Å²) in [6.45, 7) is 7.61. The number of hydrogen-bond acceptors (Lipinski definition) is 4. The summed E-state index contributed by atoms with van der Waals surface area (Å²) in [7, 11) is 0. The second-order valence-corrected chi connectivity index (χ2v) is 7.56. The van der Waals surface area contributed by atoms with Crippen molar-refractivity contribution < 1.29 is 9.18 Å². The standard InChI is InChI=1S/C23H24FN3O/c1-15-13-27(10-9-25-15)14-17-3-8-20-21(18-4-6-19(24)7-5-18)12-22(16(2)28)26-23(20)11-17/h3-8,11-12,15,25H,9-10,13-14H2,1-2H3/t15-/m1/s1. The fourth-order valence-electron chi connectivity index (χ4n) is 3.83. The van der Waals surface area contributed by atoms with E-state index >= 15 is 0 Å². The summed E-state index contributed by atoms with van der Waals surface area (Å²) in [6.07, 6.45) is 0. The van der Waals surface area contributed by atoms with Crippen LogP contribution in [0.3, 0.4) is 0 Å². The molecule has 1 saturated heterocycles. The first kappa shape index (κ1) is 18.7. The SMILES string of the molecule is CC(=O)c1cc(-c2ccc(F)cc2)c2ccc(CN3CCN[C@H](C)C3)cc2n1. The molecule has 1 aliphatic rings. The third kappa shape index (κ3) is 3.96. The molecule has 4 nitrogen and oxygen atoms in total. The van der Waals surface area contributed by atoms with Crippen LogP contribution in [-0.4, -0.2) is 41.3 Å². The van der Waals surface area contributed by atoms with Crippen LogP contribution in [0.25, 0.3) is 22.0 Å². The van der Waals surface area contributed by atoms with Gasteiger partial charge in [-0.2, -0.15) is 0 Å². The Morgan fingerprint density at radius 3 is 2.71 bits per heavy atom. The lowest BCUT2D eigenvalue weighted by Crippen LogP contribution is -2.48. The first-order valence-corrected chi connectivity index (χ1v) is 9.66. The van der Waals surface area contributed by atoms with E-state index < -0.39 is 0 Å². The molecular formula is C23H24FN3O. The summed E-state index contributed by atoms with van der Waals surface area (Å²) in [5.41, 5.74) is 4.19. The Morgan fingerprint density at radius 2 is 2.00 bits per heavy atom. The molecule has 1 atom stereocenters. The van der Waals surface area contributed by atoms with Gasteiger partial charge >= 0.3 is 0 Å². The Morgan fingerprint density at radius 1 is 1.21 bits per heavy atom. The topological polar surface area (TPSA) is 45.2 Å². The molecular weight excluding hydrogens is 353 g/mol. The molecule has 0 spiro atoms. The average molecular weight is 377 g/mol. The zero-order valence-corrected chi connectivity index (χ0v) is 16.2. The second-order valence-electron chi connectivity index (χ2n) is 7.56. The molecule has 3 aromatic rings. The molecule has 0 bridgehead atoms. The van der Waals surface area contributed by atoms with E-state index in [0.29, 0.717) is 11.7 Å². The van der Waals surface area contributed by atoms with Gasteiger partial charge in [-0.1, -0.05) is 24.3 Å². The summed E-state index contributed by atoms with van der Waals surface area (Å²) < 4.78 is 13.4. The van der Waals surface area contributed by atoms with Crippen molar-refractivity contribution in [3.05, 3.63) is 65.6 Å². The largest absolute Gasteiger partial charge is 0.312 e. The van der Waals surface area contributed by atoms with E-state index in [1.165, 1.54) is 24.6 Å². The number of hydrogen-bond donors (Lipinski definition) is 1. The number of benzene rings is 2. The van der Waals surface area contributed by atoms with Crippen LogP contribution in [0.1, 0.15) is 29.9 Å². The smallest absolute Gasteiger partial charge is 0.178 e. The zero-order chi connectivity index (χ0) is 19.7. The number of piperazine rings is 1. The first-order valence-electron chi connectivity index (χ1n) is 9.66. The third-order valence-electron chi connectivity index (χ3n) is 5.25. The second kappa shape index (κ2) is 7.78. The van der Waals surface area contributed by atoms with E-state index in [0.717, 1.165) is 48.2 Å². The molecule has 0 amide bonds. The van der Waals surface area contributed by atoms with Crippen molar-refractivity contribution in [2.75, 3.05) is 19.6 Å². The number of rotatable bonds is 4. The summed E-state index contributed by atoms with van der Waals surface area (Å²) in [4.78, 5) is 19.0. The Labute approximate surface area is 164 Å². The maximum Gasteiger partial charge on any atom is 0.178 e.